The van der Waals surface area contributed by atoms with E-state index < -0.39 is 5.97 Å². The van der Waals surface area contributed by atoms with E-state index in [0.717, 1.165) is 5.56 Å². The van der Waals surface area contributed by atoms with Gasteiger partial charge in [0.15, 0.2) is 17.3 Å². The SMILES string of the molecule is COc1cc2nc(-c3ccc(-c4ccccc4)c(F)c3)nc(Cl)c2cc1OC(C)=O. The van der Waals surface area contributed by atoms with Crippen molar-refractivity contribution in [3.63, 3.8) is 0 Å². The standard InChI is InChI=1S/C23H16ClFN2O3/c1-13(28)30-21-11-17-19(12-20(21)29-2)26-23(27-22(17)24)15-8-9-16(18(25)10-15)14-6-4-3-5-7-14/h3-12H,1-2H3. The van der Waals surface area contributed by atoms with E-state index in [2.05, 4.69) is 9.97 Å². The van der Waals surface area contributed by atoms with Crippen molar-refractivity contribution in [2.45, 2.75) is 6.92 Å². The average Bonchev–Trinajstić information content (AvgIpc) is 2.73. The molecule has 0 atom stereocenters. The molecule has 1 heterocycles. The second-order valence-corrected chi connectivity index (χ2v) is 6.87. The van der Waals surface area contributed by atoms with Gasteiger partial charge in [-0.25, -0.2) is 14.4 Å². The molecule has 0 aliphatic heterocycles. The van der Waals surface area contributed by atoms with Gasteiger partial charge in [0.25, 0.3) is 0 Å². The first-order valence-corrected chi connectivity index (χ1v) is 9.43. The number of aromatic nitrogens is 2. The summed E-state index contributed by atoms with van der Waals surface area (Å²) in [5.41, 5.74) is 2.23. The minimum Gasteiger partial charge on any atom is -0.493 e. The van der Waals surface area contributed by atoms with E-state index >= 15 is 0 Å². The van der Waals surface area contributed by atoms with E-state index in [1.54, 1.807) is 24.3 Å². The molecule has 0 amide bonds. The van der Waals surface area contributed by atoms with Crippen LogP contribution >= 0.6 is 11.6 Å². The third-order valence-corrected chi connectivity index (χ3v) is 4.79. The predicted octanol–water partition coefficient (Wildman–Crippen LogP) is 5.69. The number of nitrogens with zero attached hydrogens (tertiary/aromatic N) is 2. The number of benzene rings is 3. The lowest BCUT2D eigenvalue weighted by atomic mass is 10.0. The van der Waals surface area contributed by atoms with E-state index in [1.807, 2.05) is 30.3 Å². The molecule has 0 spiro atoms. The van der Waals surface area contributed by atoms with Crippen LogP contribution in [-0.4, -0.2) is 23.0 Å². The minimum atomic E-state index is -0.490. The molecule has 150 valence electrons. The van der Waals surface area contributed by atoms with Crippen LogP contribution in [-0.2, 0) is 4.79 Å². The number of esters is 1. The van der Waals surface area contributed by atoms with Crippen LogP contribution in [0.3, 0.4) is 0 Å². The maximum absolute atomic E-state index is 14.8. The fraction of sp³-hybridized carbons (Fsp3) is 0.0870. The number of methoxy groups -OCH3 is 1. The zero-order valence-corrected chi connectivity index (χ0v) is 16.9. The molecule has 0 radical (unpaired) electrons. The maximum Gasteiger partial charge on any atom is 0.308 e. The molecule has 0 fully saturated rings. The fourth-order valence-electron chi connectivity index (χ4n) is 3.13. The summed E-state index contributed by atoms with van der Waals surface area (Å²) in [7, 11) is 1.45. The van der Waals surface area contributed by atoms with Crippen molar-refractivity contribution in [2.75, 3.05) is 7.11 Å². The van der Waals surface area contributed by atoms with Crippen molar-refractivity contribution in [3.05, 3.63) is 71.6 Å². The van der Waals surface area contributed by atoms with Crippen LogP contribution in [0.5, 0.6) is 11.5 Å². The molecule has 0 saturated heterocycles. The molecule has 30 heavy (non-hydrogen) atoms. The van der Waals surface area contributed by atoms with Gasteiger partial charge in [0.05, 0.1) is 12.6 Å². The van der Waals surface area contributed by atoms with Gasteiger partial charge in [-0.15, -0.1) is 0 Å². The van der Waals surface area contributed by atoms with Gasteiger partial charge in [-0.2, -0.15) is 0 Å². The number of ether oxygens (including phenoxy) is 2. The second-order valence-electron chi connectivity index (χ2n) is 6.51. The van der Waals surface area contributed by atoms with Gasteiger partial charge >= 0.3 is 5.97 Å². The van der Waals surface area contributed by atoms with Crippen molar-refractivity contribution in [2.24, 2.45) is 0 Å². The number of rotatable bonds is 4. The quantitative estimate of drug-likeness (QED) is 0.240. The molecular weight excluding hydrogens is 407 g/mol. The van der Waals surface area contributed by atoms with Crippen molar-refractivity contribution in [3.8, 4) is 34.0 Å². The number of fused-ring (bicyclic) bond motifs is 1. The Kier molecular flexibility index (Phi) is 5.33. The van der Waals surface area contributed by atoms with Gasteiger partial charge in [0.1, 0.15) is 11.0 Å². The molecule has 0 saturated carbocycles. The highest BCUT2D eigenvalue weighted by atomic mass is 35.5. The lowest BCUT2D eigenvalue weighted by molar-refractivity contribution is -0.132. The van der Waals surface area contributed by atoms with Gasteiger partial charge in [-0.1, -0.05) is 54.1 Å². The number of halogens is 2. The first kappa shape index (κ1) is 19.8. The van der Waals surface area contributed by atoms with E-state index in [-0.39, 0.29) is 22.5 Å². The van der Waals surface area contributed by atoms with Crippen molar-refractivity contribution in [1.82, 2.24) is 9.97 Å². The number of carbonyl (C=O) groups excluding carboxylic acids is 1. The molecule has 0 unspecified atom stereocenters. The highest BCUT2D eigenvalue weighted by Gasteiger charge is 2.16. The highest BCUT2D eigenvalue weighted by Crippen LogP contribution is 2.36. The minimum absolute atomic E-state index is 0.151. The van der Waals surface area contributed by atoms with E-state index in [1.165, 1.54) is 20.1 Å². The summed E-state index contributed by atoms with van der Waals surface area (Å²) in [5, 5.41) is 0.637. The summed E-state index contributed by atoms with van der Waals surface area (Å²) in [6, 6.07) is 17.2. The lowest BCUT2D eigenvalue weighted by Gasteiger charge is -2.11. The number of hydrogen-bond donors (Lipinski definition) is 0. The van der Waals surface area contributed by atoms with E-state index in [9.17, 15) is 9.18 Å². The number of carbonyl (C=O) groups is 1. The first-order chi connectivity index (χ1) is 14.5. The van der Waals surface area contributed by atoms with E-state index in [4.69, 9.17) is 21.1 Å². The second kappa shape index (κ2) is 8.08. The van der Waals surface area contributed by atoms with Crippen molar-refractivity contribution >= 4 is 28.5 Å². The molecule has 4 rings (SSSR count). The Morgan fingerprint density at radius 3 is 2.40 bits per heavy atom. The van der Waals surface area contributed by atoms with Gasteiger partial charge in [0.2, 0.25) is 0 Å². The van der Waals surface area contributed by atoms with Crippen molar-refractivity contribution in [1.29, 1.82) is 0 Å². The fourth-order valence-corrected chi connectivity index (χ4v) is 3.36. The summed E-state index contributed by atoms with van der Waals surface area (Å²) >= 11 is 6.36. The summed E-state index contributed by atoms with van der Waals surface area (Å²) in [6.45, 7) is 1.29. The van der Waals surface area contributed by atoms with Crippen LogP contribution in [0.1, 0.15) is 6.92 Å². The third-order valence-electron chi connectivity index (χ3n) is 4.50. The Labute approximate surface area is 177 Å². The Bertz CT molecular complexity index is 1260. The molecule has 1 aromatic heterocycles. The Hall–Kier alpha value is -3.51. The number of hydrogen-bond acceptors (Lipinski definition) is 5. The Balaban J connectivity index is 1.80. The van der Waals surface area contributed by atoms with Gasteiger partial charge in [0, 0.05) is 29.5 Å². The van der Waals surface area contributed by atoms with Gasteiger partial charge in [-0.3, -0.25) is 4.79 Å². The molecule has 5 nitrogen and oxygen atoms in total. The van der Waals surface area contributed by atoms with Crippen LogP contribution in [0.4, 0.5) is 4.39 Å². The Morgan fingerprint density at radius 1 is 0.967 bits per heavy atom. The molecular formula is C23H16ClFN2O3. The van der Waals surface area contributed by atoms with Gasteiger partial charge < -0.3 is 9.47 Å². The zero-order chi connectivity index (χ0) is 21.3. The summed E-state index contributed by atoms with van der Waals surface area (Å²) in [6.07, 6.45) is 0. The van der Waals surface area contributed by atoms with Crippen LogP contribution in [0.2, 0.25) is 5.15 Å². The molecule has 0 aliphatic carbocycles. The normalized spacial score (nSPS) is 10.8. The maximum atomic E-state index is 14.8. The molecule has 0 aliphatic rings. The highest BCUT2D eigenvalue weighted by molar-refractivity contribution is 6.34. The van der Waals surface area contributed by atoms with Crippen LogP contribution in [0.15, 0.2) is 60.7 Å². The summed E-state index contributed by atoms with van der Waals surface area (Å²) < 4.78 is 25.2. The van der Waals surface area contributed by atoms with Crippen LogP contribution < -0.4 is 9.47 Å². The molecule has 7 heteroatoms. The lowest BCUT2D eigenvalue weighted by Crippen LogP contribution is -2.03. The predicted molar refractivity (Wildman–Crippen MR) is 113 cm³/mol. The largest absolute Gasteiger partial charge is 0.493 e. The third kappa shape index (κ3) is 3.82. The molecule has 0 bridgehead atoms. The monoisotopic (exact) mass is 422 g/mol. The van der Waals surface area contributed by atoms with E-state index in [0.29, 0.717) is 27.8 Å². The van der Waals surface area contributed by atoms with Crippen molar-refractivity contribution < 1.29 is 18.7 Å². The summed E-state index contributed by atoms with van der Waals surface area (Å²) in [5.74, 6) is -0.0667. The first-order valence-electron chi connectivity index (χ1n) is 9.05. The smallest absolute Gasteiger partial charge is 0.308 e. The molecule has 3 aromatic carbocycles. The molecule has 0 N–H and O–H groups in total. The Morgan fingerprint density at radius 2 is 1.73 bits per heavy atom. The van der Waals surface area contributed by atoms with Crippen LogP contribution in [0, 0.1) is 5.82 Å². The molecule has 4 aromatic rings. The van der Waals surface area contributed by atoms with Crippen LogP contribution in [0.25, 0.3) is 33.4 Å². The van der Waals surface area contributed by atoms with Gasteiger partial charge in [-0.05, 0) is 17.7 Å². The average molecular weight is 423 g/mol. The summed E-state index contributed by atoms with van der Waals surface area (Å²) in [4.78, 5) is 20.1. The topological polar surface area (TPSA) is 61.3 Å². The zero-order valence-electron chi connectivity index (χ0n) is 16.1.